The summed E-state index contributed by atoms with van der Waals surface area (Å²) in [6.07, 6.45) is 0. The molecule has 0 atom stereocenters. The van der Waals surface area contributed by atoms with Crippen molar-refractivity contribution in [1.29, 1.82) is 0 Å². The first-order valence-corrected chi connectivity index (χ1v) is 10.7. The third-order valence-electron chi connectivity index (χ3n) is 4.48. The van der Waals surface area contributed by atoms with Crippen LogP contribution in [0.4, 0.5) is 0 Å². The molecule has 23 heavy (non-hydrogen) atoms. The van der Waals surface area contributed by atoms with Crippen LogP contribution in [0.5, 0.6) is 0 Å². The van der Waals surface area contributed by atoms with Crippen LogP contribution in [0.3, 0.4) is 0 Å². The summed E-state index contributed by atoms with van der Waals surface area (Å²) in [6.45, 7) is 15.4. The molecule has 0 aliphatic carbocycles. The number of carbonyl (C=O) groups is 1. The minimum absolute atomic E-state index is 0.183. The maximum atomic E-state index is 11.6. The highest BCUT2D eigenvalue weighted by atomic mass is 28.4. The van der Waals surface area contributed by atoms with Gasteiger partial charge in [0.15, 0.2) is 8.32 Å². The third-order valence-corrected chi connectivity index (χ3v) is 8.96. The number of esters is 1. The van der Waals surface area contributed by atoms with Gasteiger partial charge in [0.2, 0.25) is 0 Å². The van der Waals surface area contributed by atoms with E-state index in [0.717, 1.165) is 16.7 Å². The van der Waals surface area contributed by atoms with Gasteiger partial charge in [-0.25, -0.2) is 4.79 Å². The summed E-state index contributed by atoms with van der Waals surface area (Å²) in [4.78, 5) is 11.6. The molecule has 1 aromatic rings. The molecule has 0 heterocycles. The quantitative estimate of drug-likeness (QED) is 0.465. The summed E-state index contributed by atoms with van der Waals surface area (Å²) >= 11 is 0. The number of methoxy groups -OCH3 is 1. The van der Waals surface area contributed by atoms with E-state index in [-0.39, 0.29) is 11.0 Å². The van der Waals surface area contributed by atoms with Gasteiger partial charge in [-0.15, -0.1) is 0 Å². The number of rotatable bonds is 3. The molecule has 0 fully saturated rings. The predicted molar refractivity (Wildman–Crippen MR) is 97.3 cm³/mol. The van der Waals surface area contributed by atoms with Gasteiger partial charge in [-0.1, -0.05) is 32.6 Å². The van der Waals surface area contributed by atoms with Crippen LogP contribution in [0.1, 0.15) is 47.8 Å². The highest BCUT2D eigenvalue weighted by molar-refractivity contribution is 6.74. The van der Waals surface area contributed by atoms with Gasteiger partial charge in [-0.3, -0.25) is 0 Å². The third kappa shape index (κ3) is 4.95. The first-order chi connectivity index (χ1) is 10.5. The van der Waals surface area contributed by atoms with E-state index in [2.05, 4.69) is 45.7 Å². The van der Waals surface area contributed by atoms with Crippen LogP contribution in [0, 0.1) is 25.7 Å². The van der Waals surface area contributed by atoms with E-state index in [9.17, 15) is 4.79 Å². The van der Waals surface area contributed by atoms with Crippen molar-refractivity contribution in [3.63, 3.8) is 0 Å². The summed E-state index contributed by atoms with van der Waals surface area (Å²) in [7, 11) is -0.375. The van der Waals surface area contributed by atoms with E-state index in [1.54, 1.807) is 0 Å². The second-order valence-electron chi connectivity index (χ2n) is 7.33. The number of ether oxygens (including phenoxy) is 1. The van der Waals surface area contributed by atoms with E-state index in [1.165, 1.54) is 7.11 Å². The van der Waals surface area contributed by atoms with E-state index < -0.39 is 8.32 Å². The standard InChI is InChI=1S/C19H28O3Si/c1-14-12-16(18(20)21-6)13-15(2)17(14)10-9-11-22-23(7,8)19(3,4)5/h12-13H,11H2,1-8H3. The van der Waals surface area contributed by atoms with Crippen molar-refractivity contribution in [2.75, 3.05) is 13.7 Å². The normalized spacial score (nSPS) is 11.7. The fraction of sp³-hybridized carbons (Fsp3) is 0.526. The zero-order valence-electron chi connectivity index (χ0n) is 15.6. The monoisotopic (exact) mass is 332 g/mol. The fourth-order valence-corrected chi connectivity index (χ4v) is 2.82. The van der Waals surface area contributed by atoms with Crippen molar-refractivity contribution in [2.24, 2.45) is 0 Å². The minimum atomic E-state index is -1.76. The molecule has 0 aromatic heterocycles. The van der Waals surface area contributed by atoms with Gasteiger partial charge in [0, 0.05) is 5.56 Å². The van der Waals surface area contributed by atoms with Crippen molar-refractivity contribution < 1.29 is 14.0 Å². The highest BCUT2D eigenvalue weighted by Gasteiger charge is 2.36. The molecule has 1 aromatic carbocycles. The van der Waals surface area contributed by atoms with E-state index in [1.807, 2.05) is 26.0 Å². The topological polar surface area (TPSA) is 35.5 Å². The van der Waals surface area contributed by atoms with Crippen LogP contribution >= 0.6 is 0 Å². The number of carbonyl (C=O) groups excluding carboxylic acids is 1. The Morgan fingerprint density at radius 3 is 2.13 bits per heavy atom. The lowest BCUT2D eigenvalue weighted by atomic mass is 9.99. The molecule has 4 heteroatoms. The van der Waals surface area contributed by atoms with Crippen molar-refractivity contribution >= 4 is 14.3 Å². The van der Waals surface area contributed by atoms with Gasteiger partial charge >= 0.3 is 5.97 Å². The Hall–Kier alpha value is -1.57. The van der Waals surface area contributed by atoms with Crippen LogP contribution in [-0.2, 0) is 9.16 Å². The van der Waals surface area contributed by atoms with Crippen molar-refractivity contribution in [3.05, 3.63) is 34.4 Å². The summed E-state index contributed by atoms with van der Waals surface area (Å²) in [5.41, 5.74) is 3.47. The molecule has 3 nitrogen and oxygen atoms in total. The first-order valence-electron chi connectivity index (χ1n) is 7.82. The van der Waals surface area contributed by atoms with Gasteiger partial charge < -0.3 is 9.16 Å². The van der Waals surface area contributed by atoms with Gasteiger partial charge in [0.25, 0.3) is 0 Å². The smallest absolute Gasteiger partial charge is 0.337 e. The van der Waals surface area contributed by atoms with Gasteiger partial charge in [0.1, 0.15) is 0 Å². The average Bonchev–Trinajstić information content (AvgIpc) is 2.43. The van der Waals surface area contributed by atoms with Crippen LogP contribution in [0.25, 0.3) is 0 Å². The predicted octanol–water partition coefficient (Wildman–Crippen LogP) is 4.46. The maximum absolute atomic E-state index is 11.6. The van der Waals surface area contributed by atoms with Crippen molar-refractivity contribution in [1.82, 2.24) is 0 Å². The SMILES string of the molecule is COC(=O)c1cc(C)c(C#CCO[Si](C)(C)C(C)(C)C)c(C)c1. The number of benzene rings is 1. The van der Waals surface area contributed by atoms with Crippen LogP contribution < -0.4 is 0 Å². The summed E-state index contributed by atoms with van der Waals surface area (Å²) in [6, 6.07) is 3.63. The van der Waals surface area contributed by atoms with Gasteiger partial charge in [-0.05, 0) is 55.2 Å². The molecule has 0 N–H and O–H groups in total. The Morgan fingerprint density at radius 1 is 1.17 bits per heavy atom. The molecular formula is C19H28O3Si. The second kappa shape index (κ2) is 7.33. The zero-order chi connectivity index (χ0) is 17.8. The first kappa shape index (κ1) is 19.5. The Bertz CT molecular complexity index is 620. The molecule has 0 saturated heterocycles. The Kier molecular flexibility index (Phi) is 6.21. The molecule has 0 radical (unpaired) electrons. The minimum Gasteiger partial charge on any atom is -0.465 e. The van der Waals surface area contributed by atoms with Crippen molar-refractivity contribution in [3.8, 4) is 11.8 Å². The summed E-state index contributed by atoms with van der Waals surface area (Å²) in [5.74, 6) is 5.98. The molecule has 0 unspecified atom stereocenters. The Balaban J connectivity index is 2.90. The molecule has 0 aliphatic heterocycles. The number of hydrogen-bond acceptors (Lipinski definition) is 3. The van der Waals surface area contributed by atoms with E-state index >= 15 is 0 Å². The Morgan fingerprint density at radius 2 is 1.70 bits per heavy atom. The van der Waals surface area contributed by atoms with E-state index in [4.69, 9.17) is 9.16 Å². The number of aryl methyl sites for hydroxylation is 2. The molecule has 0 amide bonds. The number of hydrogen-bond donors (Lipinski definition) is 0. The van der Waals surface area contributed by atoms with Crippen LogP contribution in [0.15, 0.2) is 12.1 Å². The lowest BCUT2D eigenvalue weighted by Crippen LogP contribution is -2.40. The fourth-order valence-electron chi connectivity index (χ4n) is 1.95. The summed E-state index contributed by atoms with van der Waals surface area (Å²) < 4.78 is 10.8. The summed E-state index contributed by atoms with van der Waals surface area (Å²) in [5, 5.41) is 0.183. The lowest BCUT2D eigenvalue weighted by molar-refractivity contribution is 0.0600. The molecule has 0 saturated carbocycles. The van der Waals surface area contributed by atoms with Crippen LogP contribution in [0.2, 0.25) is 18.1 Å². The Labute approximate surface area is 141 Å². The van der Waals surface area contributed by atoms with Crippen molar-refractivity contribution in [2.45, 2.75) is 52.8 Å². The molecular weight excluding hydrogens is 304 g/mol. The van der Waals surface area contributed by atoms with E-state index in [0.29, 0.717) is 12.2 Å². The van der Waals surface area contributed by atoms with Gasteiger partial charge in [0.05, 0.1) is 19.3 Å². The maximum Gasteiger partial charge on any atom is 0.337 e. The lowest BCUT2D eigenvalue weighted by Gasteiger charge is -2.35. The molecule has 0 aliphatic rings. The largest absolute Gasteiger partial charge is 0.465 e. The zero-order valence-corrected chi connectivity index (χ0v) is 16.6. The van der Waals surface area contributed by atoms with Crippen LogP contribution in [-0.4, -0.2) is 28.0 Å². The molecule has 1 rings (SSSR count). The second-order valence-corrected chi connectivity index (χ2v) is 12.1. The molecule has 0 spiro atoms. The highest BCUT2D eigenvalue weighted by Crippen LogP contribution is 2.36. The molecule has 126 valence electrons. The molecule has 0 bridgehead atoms. The van der Waals surface area contributed by atoms with Gasteiger partial charge in [-0.2, -0.15) is 0 Å². The average molecular weight is 333 g/mol.